The zero-order chi connectivity index (χ0) is 19.1. The van der Waals surface area contributed by atoms with E-state index in [4.69, 9.17) is 11.6 Å². The summed E-state index contributed by atoms with van der Waals surface area (Å²) in [5.74, 6) is 0.333. The molecule has 1 aromatic carbocycles. The van der Waals surface area contributed by atoms with Gasteiger partial charge in [-0.25, -0.2) is 0 Å². The molecule has 1 amide bonds. The average Bonchev–Trinajstić information content (AvgIpc) is 3.14. The molecular weight excluding hydrogens is 360 g/mol. The summed E-state index contributed by atoms with van der Waals surface area (Å²) >= 11 is 6.55. The van der Waals surface area contributed by atoms with Crippen LogP contribution in [0.2, 0.25) is 5.02 Å². The van der Waals surface area contributed by atoms with Crippen LogP contribution < -0.4 is 4.90 Å². The number of halogens is 1. The van der Waals surface area contributed by atoms with Crippen LogP contribution in [-0.2, 0) is 6.42 Å². The van der Waals surface area contributed by atoms with Crippen molar-refractivity contribution in [1.82, 2.24) is 15.2 Å². The van der Waals surface area contributed by atoms with E-state index in [9.17, 15) is 4.79 Å². The molecule has 0 fully saturated rings. The number of nitrogens with one attached hydrogen (secondary N) is 1. The molecule has 2 aromatic heterocycles. The van der Waals surface area contributed by atoms with Crippen LogP contribution in [0.3, 0.4) is 0 Å². The van der Waals surface area contributed by atoms with Gasteiger partial charge in [-0.2, -0.15) is 5.10 Å². The van der Waals surface area contributed by atoms with Gasteiger partial charge in [-0.15, -0.1) is 0 Å². The molecule has 3 heterocycles. The Morgan fingerprint density at radius 2 is 2.04 bits per heavy atom. The minimum Gasteiger partial charge on any atom is -0.295 e. The fraction of sp³-hybridized carbons (Fsp3) is 0.286. The van der Waals surface area contributed by atoms with Crippen LogP contribution in [-0.4, -0.2) is 21.1 Å². The first-order valence-corrected chi connectivity index (χ1v) is 9.43. The van der Waals surface area contributed by atoms with E-state index in [1.807, 2.05) is 43.3 Å². The molecule has 6 heteroatoms. The van der Waals surface area contributed by atoms with E-state index in [0.29, 0.717) is 16.6 Å². The number of H-pyrrole nitrogens is 1. The number of hydrogen-bond acceptors (Lipinski definition) is 3. The van der Waals surface area contributed by atoms with Crippen molar-refractivity contribution in [3.63, 3.8) is 0 Å². The van der Waals surface area contributed by atoms with Gasteiger partial charge in [0.25, 0.3) is 5.91 Å². The maximum atomic E-state index is 13.3. The fourth-order valence-electron chi connectivity index (χ4n) is 3.69. The molecule has 0 bridgehead atoms. The minimum absolute atomic E-state index is 0.0944. The Morgan fingerprint density at radius 1 is 1.26 bits per heavy atom. The molecule has 4 rings (SSSR count). The summed E-state index contributed by atoms with van der Waals surface area (Å²) in [5, 5.41) is 8.06. The highest BCUT2D eigenvalue weighted by Crippen LogP contribution is 2.44. The third-order valence-electron chi connectivity index (χ3n) is 4.81. The number of hydrogen-bond donors (Lipinski definition) is 1. The molecule has 0 saturated heterocycles. The number of pyridine rings is 1. The van der Waals surface area contributed by atoms with E-state index < -0.39 is 0 Å². The van der Waals surface area contributed by atoms with Crippen LogP contribution in [0.4, 0.5) is 5.69 Å². The molecule has 1 aliphatic heterocycles. The predicted molar refractivity (Wildman–Crippen MR) is 106 cm³/mol. The number of fused-ring (bicyclic) bond motifs is 1. The molecule has 1 unspecified atom stereocenters. The number of carbonyl (C=O) groups is 1. The van der Waals surface area contributed by atoms with Crippen molar-refractivity contribution in [3.05, 3.63) is 75.8 Å². The lowest BCUT2D eigenvalue weighted by Gasteiger charge is -2.27. The second kappa shape index (κ2) is 6.82. The van der Waals surface area contributed by atoms with Crippen LogP contribution in [0.5, 0.6) is 0 Å². The summed E-state index contributed by atoms with van der Waals surface area (Å²) in [6, 6.07) is 11.1. The Bertz CT molecular complexity index is 1010. The van der Waals surface area contributed by atoms with E-state index >= 15 is 0 Å². The Balaban J connectivity index is 1.93. The van der Waals surface area contributed by atoms with Crippen LogP contribution in [0.1, 0.15) is 52.9 Å². The molecule has 1 atom stereocenters. The van der Waals surface area contributed by atoms with Gasteiger partial charge in [0, 0.05) is 28.2 Å². The molecule has 0 radical (unpaired) electrons. The van der Waals surface area contributed by atoms with Gasteiger partial charge in [-0.05, 0) is 43.0 Å². The van der Waals surface area contributed by atoms with Crippen molar-refractivity contribution in [2.75, 3.05) is 4.90 Å². The average molecular weight is 381 g/mol. The van der Waals surface area contributed by atoms with Crippen LogP contribution in [0.15, 0.2) is 42.6 Å². The molecule has 5 nitrogen and oxygen atoms in total. The smallest absolute Gasteiger partial charge is 0.277 e. The van der Waals surface area contributed by atoms with Crippen molar-refractivity contribution in [1.29, 1.82) is 0 Å². The molecule has 27 heavy (non-hydrogen) atoms. The highest BCUT2D eigenvalue weighted by atomic mass is 35.5. The van der Waals surface area contributed by atoms with Gasteiger partial charge in [-0.1, -0.05) is 43.6 Å². The maximum absolute atomic E-state index is 13.3. The number of carbonyl (C=O) groups excluding carboxylic acids is 1. The summed E-state index contributed by atoms with van der Waals surface area (Å²) in [5.41, 5.74) is 4.95. The second-order valence-electron chi connectivity index (χ2n) is 7.31. The number of amides is 1. The van der Waals surface area contributed by atoms with Gasteiger partial charge in [0.15, 0.2) is 0 Å². The van der Waals surface area contributed by atoms with Crippen LogP contribution in [0, 0.1) is 12.8 Å². The Kier molecular flexibility index (Phi) is 4.48. The topological polar surface area (TPSA) is 61.9 Å². The molecule has 0 aliphatic carbocycles. The normalized spacial score (nSPS) is 16.3. The molecule has 1 aliphatic rings. The van der Waals surface area contributed by atoms with Crippen LogP contribution in [0.25, 0.3) is 0 Å². The molecular formula is C21H21ClN4O. The van der Waals surface area contributed by atoms with E-state index in [2.05, 4.69) is 29.0 Å². The van der Waals surface area contributed by atoms with E-state index in [0.717, 1.165) is 34.6 Å². The zero-order valence-corrected chi connectivity index (χ0v) is 16.3. The summed E-state index contributed by atoms with van der Waals surface area (Å²) in [6.45, 7) is 6.21. The number of aromatic amines is 1. The second-order valence-corrected chi connectivity index (χ2v) is 7.72. The van der Waals surface area contributed by atoms with Crippen molar-refractivity contribution >= 4 is 23.2 Å². The van der Waals surface area contributed by atoms with E-state index in [1.165, 1.54) is 0 Å². The predicted octanol–water partition coefficient (Wildman–Crippen LogP) is 4.71. The van der Waals surface area contributed by atoms with Gasteiger partial charge >= 0.3 is 0 Å². The standard InChI is InChI=1S/C21H21ClN4O/c1-12(2)10-17-18-19(25-24-17)21(27)26(14-8-9-23-13(3)11-14)20(18)15-6-4-5-7-16(15)22/h4-9,11-12,20H,10H2,1-3H3,(H,24,25). The summed E-state index contributed by atoms with van der Waals surface area (Å²) < 4.78 is 0. The lowest BCUT2D eigenvalue weighted by atomic mass is 9.95. The van der Waals surface area contributed by atoms with Gasteiger partial charge in [0.2, 0.25) is 0 Å². The van der Waals surface area contributed by atoms with Crippen LogP contribution >= 0.6 is 11.6 Å². The maximum Gasteiger partial charge on any atom is 0.277 e. The lowest BCUT2D eigenvalue weighted by Crippen LogP contribution is -2.29. The van der Waals surface area contributed by atoms with Gasteiger partial charge in [-0.3, -0.25) is 19.8 Å². The largest absolute Gasteiger partial charge is 0.295 e. The Morgan fingerprint density at radius 3 is 2.74 bits per heavy atom. The molecule has 3 aromatic rings. The van der Waals surface area contributed by atoms with Gasteiger partial charge in [0.05, 0.1) is 11.7 Å². The molecule has 0 saturated carbocycles. The number of anilines is 1. The third kappa shape index (κ3) is 3.02. The summed E-state index contributed by atoms with van der Waals surface area (Å²) in [6.07, 6.45) is 2.52. The first-order valence-electron chi connectivity index (χ1n) is 9.05. The number of rotatable bonds is 4. The third-order valence-corrected chi connectivity index (χ3v) is 5.15. The Labute approximate surface area is 163 Å². The fourth-order valence-corrected chi connectivity index (χ4v) is 3.93. The molecule has 0 spiro atoms. The summed E-state index contributed by atoms with van der Waals surface area (Å²) in [4.78, 5) is 19.3. The number of benzene rings is 1. The van der Waals surface area contributed by atoms with Crippen molar-refractivity contribution in [3.8, 4) is 0 Å². The lowest BCUT2D eigenvalue weighted by molar-refractivity contribution is 0.0989. The first kappa shape index (κ1) is 17.7. The first-order chi connectivity index (χ1) is 13.0. The molecule has 1 N–H and O–H groups in total. The van der Waals surface area contributed by atoms with Crippen molar-refractivity contribution in [2.45, 2.75) is 33.2 Å². The van der Waals surface area contributed by atoms with Gasteiger partial charge in [0.1, 0.15) is 5.69 Å². The van der Waals surface area contributed by atoms with Crippen molar-refractivity contribution in [2.24, 2.45) is 5.92 Å². The number of aromatic nitrogens is 3. The highest BCUT2D eigenvalue weighted by molar-refractivity contribution is 6.31. The zero-order valence-electron chi connectivity index (χ0n) is 15.5. The van der Waals surface area contributed by atoms with Gasteiger partial charge < -0.3 is 0 Å². The monoisotopic (exact) mass is 380 g/mol. The Hall–Kier alpha value is -2.66. The minimum atomic E-state index is -0.310. The quantitative estimate of drug-likeness (QED) is 0.712. The highest BCUT2D eigenvalue weighted by Gasteiger charge is 2.43. The van der Waals surface area contributed by atoms with Crippen molar-refractivity contribution < 1.29 is 4.79 Å². The SMILES string of the molecule is Cc1cc(N2C(=O)c3[nH]nc(CC(C)C)c3C2c2ccccc2Cl)ccn1. The number of nitrogens with zero attached hydrogens (tertiary/aromatic N) is 3. The molecule has 138 valence electrons. The van der Waals surface area contributed by atoms with E-state index in [-0.39, 0.29) is 11.9 Å². The number of aryl methyl sites for hydroxylation is 1. The summed E-state index contributed by atoms with van der Waals surface area (Å²) in [7, 11) is 0. The van der Waals surface area contributed by atoms with E-state index in [1.54, 1.807) is 11.1 Å².